The first-order chi connectivity index (χ1) is 9.97. The van der Waals surface area contributed by atoms with Crippen molar-refractivity contribution in [3.8, 4) is 0 Å². The van der Waals surface area contributed by atoms with E-state index in [1.54, 1.807) is 24.0 Å². The SMILES string of the molecule is CC(C(=O)O)C1CN(C(=O)CCSc2ccc(F)cc2)C1. The number of carboxylic acid groups (broad SMARTS) is 1. The molecule has 1 saturated heterocycles. The van der Waals surface area contributed by atoms with Crippen LogP contribution in [0.3, 0.4) is 0 Å². The molecule has 1 amide bonds. The molecule has 6 heteroatoms. The number of carbonyl (C=O) groups is 2. The topological polar surface area (TPSA) is 57.6 Å². The summed E-state index contributed by atoms with van der Waals surface area (Å²) in [6.07, 6.45) is 0.413. The molecule has 21 heavy (non-hydrogen) atoms. The van der Waals surface area contributed by atoms with Crippen molar-refractivity contribution in [1.29, 1.82) is 0 Å². The monoisotopic (exact) mass is 311 g/mol. The van der Waals surface area contributed by atoms with Gasteiger partial charge >= 0.3 is 5.97 Å². The van der Waals surface area contributed by atoms with Gasteiger partial charge in [-0.2, -0.15) is 0 Å². The summed E-state index contributed by atoms with van der Waals surface area (Å²) in [5.41, 5.74) is 0. The molecular formula is C15H18FNO3S. The largest absolute Gasteiger partial charge is 0.481 e. The van der Waals surface area contributed by atoms with Gasteiger partial charge in [0.05, 0.1) is 5.92 Å². The van der Waals surface area contributed by atoms with Crippen molar-refractivity contribution in [2.24, 2.45) is 11.8 Å². The van der Waals surface area contributed by atoms with E-state index in [-0.39, 0.29) is 17.6 Å². The summed E-state index contributed by atoms with van der Waals surface area (Å²) in [7, 11) is 0. The van der Waals surface area contributed by atoms with Gasteiger partial charge in [-0.3, -0.25) is 9.59 Å². The summed E-state index contributed by atoms with van der Waals surface area (Å²) in [4.78, 5) is 25.4. The Kier molecular flexibility index (Phi) is 5.22. The highest BCUT2D eigenvalue weighted by Gasteiger charge is 2.36. The van der Waals surface area contributed by atoms with Gasteiger partial charge in [0, 0.05) is 36.1 Å². The molecular weight excluding hydrogens is 293 g/mol. The van der Waals surface area contributed by atoms with Crippen molar-refractivity contribution >= 4 is 23.6 Å². The summed E-state index contributed by atoms with van der Waals surface area (Å²) in [5.74, 6) is -0.717. The summed E-state index contributed by atoms with van der Waals surface area (Å²) in [6.45, 7) is 2.75. The van der Waals surface area contributed by atoms with Gasteiger partial charge in [0.2, 0.25) is 5.91 Å². The lowest BCUT2D eigenvalue weighted by Crippen LogP contribution is -2.53. The number of benzene rings is 1. The number of thioether (sulfide) groups is 1. The average Bonchev–Trinajstić information content (AvgIpc) is 2.39. The Morgan fingerprint density at radius 3 is 2.57 bits per heavy atom. The van der Waals surface area contributed by atoms with Crippen LogP contribution in [0.2, 0.25) is 0 Å². The van der Waals surface area contributed by atoms with Crippen molar-refractivity contribution < 1.29 is 19.1 Å². The predicted octanol–water partition coefficient (Wildman–Crippen LogP) is 2.49. The van der Waals surface area contributed by atoms with E-state index in [9.17, 15) is 14.0 Å². The van der Waals surface area contributed by atoms with Crippen molar-refractivity contribution in [1.82, 2.24) is 4.90 Å². The summed E-state index contributed by atoms with van der Waals surface area (Å²) < 4.78 is 12.7. The van der Waals surface area contributed by atoms with Crippen LogP contribution < -0.4 is 0 Å². The fourth-order valence-electron chi connectivity index (χ4n) is 2.18. The molecule has 1 aliphatic rings. The van der Waals surface area contributed by atoms with E-state index in [4.69, 9.17) is 5.11 Å². The molecule has 1 fully saturated rings. The van der Waals surface area contributed by atoms with Crippen molar-refractivity contribution in [2.45, 2.75) is 18.2 Å². The number of hydrogen-bond donors (Lipinski definition) is 1. The zero-order valence-corrected chi connectivity index (χ0v) is 12.6. The van der Waals surface area contributed by atoms with Crippen LogP contribution in [-0.2, 0) is 9.59 Å². The van der Waals surface area contributed by atoms with Crippen molar-refractivity contribution in [3.63, 3.8) is 0 Å². The number of likely N-dealkylation sites (tertiary alicyclic amines) is 1. The highest BCUT2D eigenvalue weighted by molar-refractivity contribution is 7.99. The lowest BCUT2D eigenvalue weighted by Gasteiger charge is -2.41. The first-order valence-electron chi connectivity index (χ1n) is 6.86. The number of halogens is 1. The molecule has 2 rings (SSSR count). The van der Waals surface area contributed by atoms with Crippen LogP contribution in [0.15, 0.2) is 29.2 Å². The molecule has 1 atom stereocenters. The first kappa shape index (κ1) is 15.8. The molecule has 0 aromatic heterocycles. The second-order valence-corrected chi connectivity index (χ2v) is 6.41. The van der Waals surface area contributed by atoms with Crippen LogP contribution in [0, 0.1) is 17.7 Å². The van der Waals surface area contributed by atoms with Crippen LogP contribution in [0.1, 0.15) is 13.3 Å². The van der Waals surface area contributed by atoms with Gasteiger partial charge in [-0.25, -0.2) is 4.39 Å². The molecule has 1 N–H and O–H groups in total. The fraction of sp³-hybridized carbons (Fsp3) is 0.467. The number of carboxylic acids is 1. The van der Waals surface area contributed by atoms with Gasteiger partial charge < -0.3 is 10.0 Å². The number of carbonyl (C=O) groups excluding carboxylic acids is 1. The summed E-state index contributed by atoms with van der Waals surface area (Å²) in [6, 6.07) is 6.19. The average molecular weight is 311 g/mol. The molecule has 0 radical (unpaired) electrons. The first-order valence-corrected chi connectivity index (χ1v) is 7.85. The maximum Gasteiger partial charge on any atom is 0.306 e. The molecule has 4 nitrogen and oxygen atoms in total. The van der Waals surface area contributed by atoms with Crippen LogP contribution >= 0.6 is 11.8 Å². The minimum Gasteiger partial charge on any atom is -0.481 e. The van der Waals surface area contributed by atoms with E-state index in [0.29, 0.717) is 25.3 Å². The van der Waals surface area contributed by atoms with E-state index in [2.05, 4.69) is 0 Å². The number of amides is 1. The second-order valence-electron chi connectivity index (χ2n) is 5.24. The maximum atomic E-state index is 12.7. The lowest BCUT2D eigenvalue weighted by atomic mass is 9.87. The van der Waals surface area contributed by atoms with E-state index in [1.807, 2.05) is 0 Å². The molecule has 0 saturated carbocycles. The third kappa shape index (κ3) is 4.20. The molecule has 0 aliphatic carbocycles. The molecule has 114 valence electrons. The van der Waals surface area contributed by atoms with Gasteiger partial charge in [-0.05, 0) is 24.3 Å². The highest BCUT2D eigenvalue weighted by atomic mass is 32.2. The van der Waals surface area contributed by atoms with Gasteiger partial charge in [-0.15, -0.1) is 11.8 Å². The van der Waals surface area contributed by atoms with Crippen LogP contribution in [0.4, 0.5) is 4.39 Å². The van der Waals surface area contributed by atoms with E-state index >= 15 is 0 Å². The summed E-state index contributed by atoms with van der Waals surface area (Å²) in [5, 5.41) is 8.90. The van der Waals surface area contributed by atoms with E-state index in [1.165, 1.54) is 23.9 Å². The predicted molar refractivity (Wildman–Crippen MR) is 78.6 cm³/mol. The third-order valence-electron chi connectivity index (χ3n) is 3.76. The van der Waals surface area contributed by atoms with Crippen molar-refractivity contribution in [3.05, 3.63) is 30.1 Å². The molecule has 1 aliphatic heterocycles. The van der Waals surface area contributed by atoms with Crippen LogP contribution in [0.5, 0.6) is 0 Å². The normalized spacial score (nSPS) is 16.4. The number of hydrogen-bond acceptors (Lipinski definition) is 3. The van der Waals surface area contributed by atoms with Crippen LogP contribution in [0.25, 0.3) is 0 Å². The second kappa shape index (κ2) is 6.93. The minimum absolute atomic E-state index is 0.0541. The van der Waals surface area contributed by atoms with Crippen LogP contribution in [-0.4, -0.2) is 40.7 Å². The Labute approximate surface area is 127 Å². The Balaban J connectivity index is 1.67. The molecule has 0 bridgehead atoms. The maximum absolute atomic E-state index is 12.7. The van der Waals surface area contributed by atoms with E-state index < -0.39 is 11.9 Å². The van der Waals surface area contributed by atoms with Gasteiger partial charge in [0.25, 0.3) is 0 Å². The van der Waals surface area contributed by atoms with E-state index in [0.717, 1.165) is 4.90 Å². The smallest absolute Gasteiger partial charge is 0.306 e. The third-order valence-corrected chi connectivity index (χ3v) is 4.77. The number of nitrogens with zero attached hydrogens (tertiary/aromatic N) is 1. The Bertz CT molecular complexity index is 514. The molecule has 1 unspecified atom stereocenters. The standard InChI is InChI=1S/C15H18FNO3S/c1-10(15(19)20)11-8-17(9-11)14(18)6-7-21-13-4-2-12(16)3-5-13/h2-5,10-11H,6-9H2,1H3,(H,19,20). The Morgan fingerprint density at radius 1 is 1.38 bits per heavy atom. The van der Waals surface area contributed by atoms with Gasteiger partial charge in [-0.1, -0.05) is 6.92 Å². The lowest BCUT2D eigenvalue weighted by molar-refractivity contribution is -0.150. The molecule has 0 spiro atoms. The fourth-order valence-corrected chi connectivity index (χ4v) is 3.02. The zero-order valence-electron chi connectivity index (χ0n) is 11.8. The molecule has 1 aromatic carbocycles. The number of aliphatic carboxylic acids is 1. The number of rotatable bonds is 6. The minimum atomic E-state index is -0.807. The van der Waals surface area contributed by atoms with Gasteiger partial charge in [0.15, 0.2) is 0 Å². The summed E-state index contributed by atoms with van der Waals surface area (Å²) >= 11 is 1.51. The van der Waals surface area contributed by atoms with Gasteiger partial charge in [0.1, 0.15) is 5.82 Å². The van der Waals surface area contributed by atoms with Crippen molar-refractivity contribution in [2.75, 3.05) is 18.8 Å². The Morgan fingerprint density at radius 2 is 2.00 bits per heavy atom. The highest BCUT2D eigenvalue weighted by Crippen LogP contribution is 2.25. The molecule has 1 heterocycles. The molecule has 1 aromatic rings. The Hall–Kier alpha value is -1.56. The quantitative estimate of drug-likeness (QED) is 0.820. The zero-order chi connectivity index (χ0) is 15.4.